The summed E-state index contributed by atoms with van der Waals surface area (Å²) in [4.78, 5) is 0. The lowest BCUT2D eigenvalue weighted by Gasteiger charge is -2.21. The van der Waals surface area contributed by atoms with Gasteiger partial charge in [0.1, 0.15) is 6.61 Å². The smallest absolute Gasteiger partial charge is 0.161 e. The van der Waals surface area contributed by atoms with Crippen LogP contribution in [0.1, 0.15) is 36.1 Å². The number of ether oxygens (including phenoxy) is 1. The van der Waals surface area contributed by atoms with Crippen molar-refractivity contribution < 1.29 is 20.1 Å². The summed E-state index contributed by atoms with van der Waals surface area (Å²) in [5, 5.41) is 29.4. The van der Waals surface area contributed by atoms with Gasteiger partial charge in [0.2, 0.25) is 0 Å². The van der Waals surface area contributed by atoms with Gasteiger partial charge < -0.3 is 20.1 Å². The van der Waals surface area contributed by atoms with Crippen LogP contribution >= 0.6 is 0 Å². The van der Waals surface area contributed by atoms with Crippen LogP contribution in [0.5, 0.6) is 23.0 Å². The summed E-state index contributed by atoms with van der Waals surface area (Å²) in [6.07, 6.45) is 1.66. The van der Waals surface area contributed by atoms with E-state index >= 15 is 0 Å². The van der Waals surface area contributed by atoms with Gasteiger partial charge in [-0.3, -0.25) is 0 Å². The minimum Gasteiger partial charge on any atom is -0.504 e. The third-order valence-corrected chi connectivity index (χ3v) is 5.63. The van der Waals surface area contributed by atoms with Crippen LogP contribution in [0.3, 0.4) is 0 Å². The third-order valence-electron chi connectivity index (χ3n) is 5.63. The zero-order valence-corrected chi connectivity index (χ0v) is 17.8. The molecule has 3 aromatic carbocycles. The summed E-state index contributed by atoms with van der Waals surface area (Å²) in [5.74, 6) is 1.22. The van der Waals surface area contributed by atoms with Crippen LogP contribution in [0.15, 0.2) is 60.7 Å². The standard InChI is InChI=1S/C26H30O4/c1-17-5-4-6-22(11-17)16-30-26-15-21(8-10-24(26)28)13-19(3)18(2)12-20-7-9-23(27)25(29)14-20/h4-11,14-15,18-19,27-29H,12-13,16H2,1-3H3. The minimum atomic E-state index is -0.0956. The van der Waals surface area contributed by atoms with E-state index in [-0.39, 0.29) is 17.2 Å². The predicted octanol–water partition coefficient (Wildman–Crippen LogP) is 5.75. The quantitative estimate of drug-likeness (QED) is 0.417. The second kappa shape index (κ2) is 9.57. The number of hydrogen-bond donors (Lipinski definition) is 3. The summed E-state index contributed by atoms with van der Waals surface area (Å²) >= 11 is 0. The second-order valence-corrected chi connectivity index (χ2v) is 8.27. The number of phenolic OH excluding ortho intramolecular Hbond substituents is 3. The molecule has 3 rings (SSSR count). The topological polar surface area (TPSA) is 69.9 Å². The van der Waals surface area contributed by atoms with Gasteiger partial charge in [-0.15, -0.1) is 0 Å². The van der Waals surface area contributed by atoms with Crippen LogP contribution in [0.4, 0.5) is 0 Å². The highest BCUT2D eigenvalue weighted by molar-refractivity contribution is 5.42. The van der Waals surface area contributed by atoms with Gasteiger partial charge >= 0.3 is 0 Å². The number of aryl methyl sites for hydroxylation is 1. The maximum Gasteiger partial charge on any atom is 0.161 e. The van der Waals surface area contributed by atoms with Gasteiger partial charge in [0, 0.05) is 0 Å². The Kier molecular flexibility index (Phi) is 6.88. The van der Waals surface area contributed by atoms with Crippen molar-refractivity contribution in [2.45, 2.75) is 40.2 Å². The molecule has 2 atom stereocenters. The predicted molar refractivity (Wildman–Crippen MR) is 119 cm³/mol. The van der Waals surface area contributed by atoms with E-state index in [1.807, 2.05) is 43.3 Å². The Labute approximate surface area is 178 Å². The SMILES string of the molecule is Cc1cccc(COc2cc(CC(C)C(C)Cc3ccc(O)c(O)c3)ccc2O)c1. The maximum absolute atomic E-state index is 10.2. The van der Waals surface area contributed by atoms with Gasteiger partial charge in [-0.05, 0) is 72.6 Å². The van der Waals surface area contributed by atoms with Crippen LogP contribution in [0.25, 0.3) is 0 Å². The Bertz CT molecular complexity index is 996. The zero-order valence-electron chi connectivity index (χ0n) is 17.8. The van der Waals surface area contributed by atoms with Crippen LogP contribution in [0.2, 0.25) is 0 Å². The van der Waals surface area contributed by atoms with E-state index in [1.165, 1.54) is 11.6 Å². The molecule has 0 saturated heterocycles. The lowest BCUT2D eigenvalue weighted by molar-refractivity contribution is 0.288. The maximum atomic E-state index is 10.2. The van der Waals surface area contributed by atoms with Crippen molar-refractivity contribution >= 4 is 0 Å². The Hall–Kier alpha value is -3.14. The van der Waals surface area contributed by atoms with E-state index in [9.17, 15) is 15.3 Å². The molecule has 4 heteroatoms. The van der Waals surface area contributed by atoms with Gasteiger partial charge in [-0.2, -0.15) is 0 Å². The van der Waals surface area contributed by atoms with Crippen molar-refractivity contribution in [1.29, 1.82) is 0 Å². The fraction of sp³-hybridized carbons (Fsp3) is 0.308. The average Bonchev–Trinajstić information content (AvgIpc) is 2.71. The number of hydrogen-bond acceptors (Lipinski definition) is 4. The Balaban J connectivity index is 1.62. The molecular formula is C26H30O4. The number of rotatable bonds is 8. The van der Waals surface area contributed by atoms with E-state index in [4.69, 9.17) is 4.74 Å². The Morgan fingerprint density at radius 1 is 0.700 bits per heavy atom. The fourth-order valence-electron chi connectivity index (χ4n) is 3.61. The van der Waals surface area contributed by atoms with Crippen molar-refractivity contribution in [3.63, 3.8) is 0 Å². The lowest BCUT2D eigenvalue weighted by atomic mass is 9.85. The number of aromatic hydroxyl groups is 3. The van der Waals surface area contributed by atoms with Gasteiger partial charge in [-0.25, -0.2) is 0 Å². The monoisotopic (exact) mass is 406 g/mol. The zero-order chi connectivity index (χ0) is 21.7. The molecule has 4 nitrogen and oxygen atoms in total. The molecule has 0 heterocycles. The van der Waals surface area contributed by atoms with Crippen molar-refractivity contribution in [3.05, 3.63) is 82.9 Å². The van der Waals surface area contributed by atoms with E-state index in [2.05, 4.69) is 19.9 Å². The highest BCUT2D eigenvalue weighted by atomic mass is 16.5. The van der Waals surface area contributed by atoms with E-state index in [0.717, 1.165) is 29.5 Å². The molecule has 0 aromatic heterocycles. The molecule has 0 saturated carbocycles. The molecule has 30 heavy (non-hydrogen) atoms. The fourth-order valence-corrected chi connectivity index (χ4v) is 3.61. The summed E-state index contributed by atoms with van der Waals surface area (Å²) < 4.78 is 5.88. The number of phenols is 3. The Morgan fingerprint density at radius 2 is 1.33 bits per heavy atom. The van der Waals surface area contributed by atoms with E-state index in [0.29, 0.717) is 24.2 Å². The first-order valence-electron chi connectivity index (χ1n) is 10.3. The van der Waals surface area contributed by atoms with E-state index < -0.39 is 0 Å². The molecular weight excluding hydrogens is 376 g/mol. The van der Waals surface area contributed by atoms with Crippen molar-refractivity contribution in [1.82, 2.24) is 0 Å². The molecule has 158 valence electrons. The molecule has 0 amide bonds. The molecule has 3 N–H and O–H groups in total. The first-order chi connectivity index (χ1) is 14.3. The highest BCUT2D eigenvalue weighted by Crippen LogP contribution is 2.31. The first-order valence-corrected chi connectivity index (χ1v) is 10.3. The van der Waals surface area contributed by atoms with Crippen LogP contribution < -0.4 is 4.74 Å². The summed E-state index contributed by atoms with van der Waals surface area (Å²) in [6.45, 7) is 6.84. The molecule has 2 unspecified atom stereocenters. The first kappa shape index (κ1) is 21.6. The minimum absolute atomic E-state index is 0.0821. The second-order valence-electron chi connectivity index (χ2n) is 8.27. The highest BCUT2D eigenvalue weighted by Gasteiger charge is 2.16. The summed E-state index contributed by atoms with van der Waals surface area (Å²) in [6, 6.07) is 18.7. The lowest BCUT2D eigenvalue weighted by Crippen LogP contribution is -2.13. The van der Waals surface area contributed by atoms with Gasteiger partial charge in [0.25, 0.3) is 0 Å². The molecule has 0 bridgehead atoms. The summed E-state index contributed by atoms with van der Waals surface area (Å²) in [5.41, 5.74) is 4.36. The normalized spacial score (nSPS) is 13.0. The average molecular weight is 407 g/mol. The molecule has 0 aliphatic carbocycles. The van der Waals surface area contributed by atoms with Crippen LogP contribution in [0, 0.1) is 18.8 Å². The molecule has 0 aliphatic heterocycles. The van der Waals surface area contributed by atoms with E-state index in [1.54, 1.807) is 12.1 Å². The molecule has 0 fully saturated rings. The third kappa shape index (κ3) is 5.69. The molecule has 3 aromatic rings. The molecule has 0 radical (unpaired) electrons. The Morgan fingerprint density at radius 3 is 1.97 bits per heavy atom. The number of benzene rings is 3. The van der Waals surface area contributed by atoms with Gasteiger partial charge in [-0.1, -0.05) is 55.8 Å². The summed E-state index contributed by atoms with van der Waals surface area (Å²) in [7, 11) is 0. The van der Waals surface area contributed by atoms with Crippen molar-refractivity contribution in [2.75, 3.05) is 0 Å². The van der Waals surface area contributed by atoms with Crippen LogP contribution in [-0.4, -0.2) is 15.3 Å². The van der Waals surface area contributed by atoms with Crippen molar-refractivity contribution in [2.24, 2.45) is 11.8 Å². The van der Waals surface area contributed by atoms with Crippen LogP contribution in [-0.2, 0) is 19.4 Å². The van der Waals surface area contributed by atoms with Crippen molar-refractivity contribution in [3.8, 4) is 23.0 Å². The largest absolute Gasteiger partial charge is 0.504 e. The molecule has 0 aliphatic rings. The van der Waals surface area contributed by atoms with Gasteiger partial charge in [0.05, 0.1) is 0 Å². The molecule has 0 spiro atoms. The van der Waals surface area contributed by atoms with Gasteiger partial charge in [0.15, 0.2) is 23.0 Å².